The second-order valence-electron chi connectivity index (χ2n) is 4.38. The average molecular weight is 323 g/mol. The fourth-order valence-corrected chi connectivity index (χ4v) is 2.41. The summed E-state index contributed by atoms with van der Waals surface area (Å²) in [6, 6.07) is 9.42. The highest BCUT2D eigenvalue weighted by Crippen LogP contribution is 2.15. The number of anilines is 1. The van der Waals surface area contributed by atoms with Gasteiger partial charge in [0.15, 0.2) is 0 Å². The van der Waals surface area contributed by atoms with Gasteiger partial charge in [-0.3, -0.25) is 9.69 Å². The van der Waals surface area contributed by atoms with Gasteiger partial charge >= 0.3 is 0 Å². The Hall–Kier alpha value is -1.42. The molecule has 2 rings (SSSR count). The Kier molecular flexibility index (Phi) is 4.91. The Morgan fingerprint density at radius 3 is 3.21 bits per heavy atom. The van der Waals surface area contributed by atoms with Crippen LogP contribution in [0.4, 0.5) is 5.69 Å². The monoisotopic (exact) mass is 322 g/mol. The average Bonchev–Trinajstić information content (AvgIpc) is 2.39. The third kappa shape index (κ3) is 4.03. The molecule has 1 aromatic rings. The van der Waals surface area contributed by atoms with E-state index in [0.717, 1.165) is 16.7 Å². The number of nitriles is 1. The van der Waals surface area contributed by atoms with Crippen LogP contribution in [-0.2, 0) is 4.79 Å². The molecule has 0 aliphatic carbocycles. The van der Waals surface area contributed by atoms with Crippen molar-refractivity contribution in [3.63, 3.8) is 0 Å². The standard InChI is InChI=1S/C13H15BrN4O/c14-10-2-1-3-11(6-10)17-13(19)9-18-5-4-16-8-12(18)7-15/h1-3,6,12,16H,4-5,8-9H2,(H,17,19). The molecule has 1 heterocycles. The summed E-state index contributed by atoms with van der Waals surface area (Å²) in [5.74, 6) is -0.0970. The molecule has 1 aliphatic rings. The van der Waals surface area contributed by atoms with Crippen LogP contribution >= 0.6 is 15.9 Å². The van der Waals surface area contributed by atoms with Crippen LogP contribution in [0.2, 0.25) is 0 Å². The largest absolute Gasteiger partial charge is 0.325 e. The Morgan fingerprint density at radius 2 is 2.47 bits per heavy atom. The summed E-state index contributed by atoms with van der Waals surface area (Å²) in [5.41, 5.74) is 0.753. The minimum absolute atomic E-state index is 0.0970. The summed E-state index contributed by atoms with van der Waals surface area (Å²) >= 11 is 3.36. The first-order valence-corrected chi connectivity index (χ1v) is 6.88. The molecule has 0 aromatic heterocycles. The highest BCUT2D eigenvalue weighted by molar-refractivity contribution is 9.10. The molecule has 1 aromatic carbocycles. The van der Waals surface area contributed by atoms with Gasteiger partial charge < -0.3 is 10.6 Å². The summed E-state index contributed by atoms with van der Waals surface area (Å²) in [6.07, 6.45) is 0. The smallest absolute Gasteiger partial charge is 0.238 e. The van der Waals surface area contributed by atoms with Gasteiger partial charge in [0.25, 0.3) is 0 Å². The second kappa shape index (κ2) is 6.66. The van der Waals surface area contributed by atoms with E-state index in [1.54, 1.807) is 0 Å². The number of rotatable bonds is 3. The van der Waals surface area contributed by atoms with Crippen molar-refractivity contribution in [2.75, 3.05) is 31.5 Å². The maximum absolute atomic E-state index is 12.0. The molecule has 0 spiro atoms. The quantitative estimate of drug-likeness (QED) is 0.877. The van der Waals surface area contributed by atoms with E-state index in [-0.39, 0.29) is 18.5 Å². The third-order valence-electron chi connectivity index (χ3n) is 2.96. The lowest BCUT2D eigenvalue weighted by molar-refractivity contribution is -0.117. The highest BCUT2D eigenvalue weighted by atomic mass is 79.9. The zero-order valence-electron chi connectivity index (χ0n) is 10.4. The lowest BCUT2D eigenvalue weighted by Crippen LogP contribution is -2.52. The molecule has 1 unspecified atom stereocenters. The minimum atomic E-state index is -0.234. The lowest BCUT2D eigenvalue weighted by atomic mass is 10.2. The number of halogens is 1. The summed E-state index contributed by atoms with van der Waals surface area (Å²) in [6.45, 7) is 2.37. The van der Waals surface area contributed by atoms with Gasteiger partial charge in [-0.1, -0.05) is 22.0 Å². The molecule has 6 heteroatoms. The molecule has 1 saturated heterocycles. The van der Waals surface area contributed by atoms with Crippen molar-refractivity contribution in [1.82, 2.24) is 10.2 Å². The van der Waals surface area contributed by atoms with E-state index in [1.807, 2.05) is 29.2 Å². The number of benzene rings is 1. The second-order valence-corrected chi connectivity index (χ2v) is 5.29. The van der Waals surface area contributed by atoms with Crippen molar-refractivity contribution >= 4 is 27.5 Å². The van der Waals surface area contributed by atoms with Crippen LogP contribution in [0.15, 0.2) is 28.7 Å². The van der Waals surface area contributed by atoms with E-state index in [2.05, 4.69) is 32.6 Å². The topological polar surface area (TPSA) is 68.2 Å². The Bertz CT molecular complexity index is 500. The van der Waals surface area contributed by atoms with Crippen molar-refractivity contribution < 1.29 is 4.79 Å². The number of hydrogen-bond acceptors (Lipinski definition) is 4. The SMILES string of the molecule is N#CC1CNCCN1CC(=O)Nc1cccc(Br)c1. The molecule has 100 valence electrons. The predicted molar refractivity (Wildman–Crippen MR) is 76.6 cm³/mol. The number of hydrogen-bond donors (Lipinski definition) is 2. The van der Waals surface area contributed by atoms with Crippen molar-refractivity contribution in [1.29, 1.82) is 5.26 Å². The van der Waals surface area contributed by atoms with Crippen molar-refractivity contribution in [2.45, 2.75) is 6.04 Å². The van der Waals surface area contributed by atoms with Crippen molar-refractivity contribution in [2.24, 2.45) is 0 Å². The Labute approximate surface area is 120 Å². The molecule has 0 radical (unpaired) electrons. The first kappa shape index (κ1) is 14.0. The molecule has 0 bridgehead atoms. The third-order valence-corrected chi connectivity index (χ3v) is 3.45. The maximum atomic E-state index is 12.0. The summed E-state index contributed by atoms with van der Waals surface area (Å²) in [7, 11) is 0. The fraction of sp³-hybridized carbons (Fsp3) is 0.385. The summed E-state index contributed by atoms with van der Waals surface area (Å²) in [5, 5.41) is 15.0. The van der Waals surface area contributed by atoms with Crippen LogP contribution < -0.4 is 10.6 Å². The van der Waals surface area contributed by atoms with Crippen LogP contribution in [0, 0.1) is 11.3 Å². The molecular formula is C13H15BrN4O. The van der Waals surface area contributed by atoms with E-state index >= 15 is 0 Å². The van der Waals surface area contributed by atoms with Gasteiger partial charge in [-0.2, -0.15) is 5.26 Å². The van der Waals surface area contributed by atoms with Gasteiger partial charge in [-0.25, -0.2) is 0 Å². The van der Waals surface area contributed by atoms with Crippen LogP contribution in [0.1, 0.15) is 0 Å². The van der Waals surface area contributed by atoms with Gasteiger partial charge in [0.2, 0.25) is 5.91 Å². The predicted octanol–water partition coefficient (Wildman–Crippen LogP) is 1.18. The number of piperazine rings is 1. The van der Waals surface area contributed by atoms with E-state index in [0.29, 0.717) is 13.1 Å². The highest BCUT2D eigenvalue weighted by Gasteiger charge is 2.23. The summed E-state index contributed by atoms with van der Waals surface area (Å²) < 4.78 is 0.919. The van der Waals surface area contributed by atoms with E-state index in [1.165, 1.54) is 0 Å². The van der Waals surface area contributed by atoms with Crippen molar-refractivity contribution in [3.8, 4) is 6.07 Å². The Balaban J connectivity index is 1.92. The zero-order chi connectivity index (χ0) is 13.7. The molecular weight excluding hydrogens is 308 g/mol. The van der Waals surface area contributed by atoms with Gasteiger partial charge in [0, 0.05) is 29.8 Å². The number of carbonyl (C=O) groups is 1. The number of carbonyl (C=O) groups excluding carboxylic acids is 1. The fourth-order valence-electron chi connectivity index (χ4n) is 2.01. The molecule has 1 aliphatic heterocycles. The molecule has 2 N–H and O–H groups in total. The molecule has 5 nitrogen and oxygen atoms in total. The molecule has 1 amide bonds. The molecule has 0 saturated carbocycles. The molecule has 19 heavy (non-hydrogen) atoms. The van der Waals surface area contributed by atoms with Crippen LogP contribution in [0.25, 0.3) is 0 Å². The molecule has 1 atom stereocenters. The number of nitrogens with zero attached hydrogens (tertiary/aromatic N) is 2. The van der Waals surface area contributed by atoms with Crippen LogP contribution in [-0.4, -0.2) is 43.0 Å². The molecule has 1 fully saturated rings. The zero-order valence-corrected chi connectivity index (χ0v) is 12.0. The minimum Gasteiger partial charge on any atom is -0.325 e. The first-order valence-electron chi connectivity index (χ1n) is 6.09. The van der Waals surface area contributed by atoms with Gasteiger partial charge in [-0.05, 0) is 18.2 Å². The number of nitrogens with one attached hydrogen (secondary N) is 2. The normalized spacial score (nSPS) is 19.7. The number of amides is 1. The van der Waals surface area contributed by atoms with E-state index in [9.17, 15) is 4.79 Å². The first-order chi connectivity index (χ1) is 9.19. The van der Waals surface area contributed by atoms with Gasteiger partial charge in [0.1, 0.15) is 6.04 Å². The van der Waals surface area contributed by atoms with Crippen LogP contribution in [0.3, 0.4) is 0 Å². The van der Waals surface area contributed by atoms with Gasteiger partial charge in [0.05, 0.1) is 12.6 Å². The van der Waals surface area contributed by atoms with Crippen LogP contribution in [0.5, 0.6) is 0 Å². The summed E-state index contributed by atoms with van der Waals surface area (Å²) in [4.78, 5) is 13.8. The maximum Gasteiger partial charge on any atom is 0.238 e. The van der Waals surface area contributed by atoms with Crippen molar-refractivity contribution in [3.05, 3.63) is 28.7 Å². The van der Waals surface area contributed by atoms with Gasteiger partial charge in [-0.15, -0.1) is 0 Å². The lowest BCUT2D eigenvalue weighted by Gasteiger charge is -2.31. The van der Waals surface area contributed by atoms with E-state index < -0.39 is 0 Å². The Morgan fingerprint density at radius 1 is 1.63 bits per heavy atom. The van der Waals surface area contributed by atoms with E-state index in [4.69, 9.17) is 5.26 Å².